The van der Waals surface area contributed by atoms with Gasteiger partial charge in [0.15, 0.2) is 5.66 Å². The number of amides is 1. The highest BCUT2D eigenvalue weighted by Gasteiger charge is 2.39. The lowest BCUT2D eigenvalue weighted by atomic mass is 10.0. The quantitative estimate of drug-likeness (QED) is 0.761. The van der Waals surface area contributed by atoms with E-state index in [0.29, 0.717) is 35.9 Å². The number of carbonyl (C=O) groups is 2. The Hall–Kier alpha value is -3.14. The zero-order valence-corrected chi connectivity index (χ0v) is 12.8. The van der Waals surface area contributed by atoms with Crippen molar-refractivity contribution < 1.29 is 19.1 Å². The van der Waals surface area contributed by atoms with Crippen LogP contribution in [0, 0.1) is 12.3 Å². The highest BCUT2D eigenvalue weighted by atomic mass is 16.4. The summed E-state index contributed by atoms with van der Waals surface area (Å²) >= 11 is 0. The van der Waals surface area contributed by atoms with Crippen molar-refractivity contribution in [1.82, 2.24) is 0 Å². The van der Waals surface area contributed by atoms with Crippen LogP contribution >= 0.6 is 0 Å². The number of nitrogens with zero attached hydrogens (tertiary/aromatic N) is 2. The molecule has 1 aliphatic rings. The Morgan fingerprint density at radius 3 is 2.75 bits per heavy atom. The monoisotopic (exact) mass is 325 g/mol. The van der Waals surface area contributed by atoms with Gasteiger partial charge in [0.05, 0.1) is 0 Å². The fourth-order valence-electron chi connectivity index (χ4n) is 2.43. The molecule has 0 unspecified atom stereocenters. The van der Waals surface area contributed by atoms with Gasteiger partial charge < -0.3 is 14.8 Å². The number of furan rings is 1. The number of carboxylic acids is 1. The second-order valence-corrected chi connectivity index (χ2v) is 5.60. The highest BCUT2D eigenvalue weighted by molar-refractivity contribution is 5.96. The van der Waals surface area contributed by atoms with Gasteiger partial charge in [-0.25, -0.2) is 4.79 Å². The third kappa shape index (κ3) is 3.43. The number of fused-ring (bicyclic) bond motifs is 1. The van der Waals surface area contributed by atoms with Crippen LogP contribution in [0.5, 0.6) is 0 Å². The maximum Gasteiger partial charge on any atom is 0.371 e. The molecule has 2 N–H and O–H groups in total. The average Bonchev–Trinajstić information content (AvgIpc) is 3.20. The molecule has 2 heterocycles. The van der Waals surface area contributed by atoms with E-state index in [9.17, 15) is 9.59 Å². The molecule has 7 nitrogen and oxygen atoms in total. The van der Waals surface area contributed by atoms with Crippen LogP contribution in [0.4, 0.5) is 5.69 Å². The van der Waals surface area contributed by atoms with Gasteiger partial charge in [-0.15, -0.1) is 12.3 Å². The Morgan fingerprint density at radius 2 is 2.08 bits per heavy atom. The third-order valence-corrected chi connectivity index (χ3v) is 3.82. The molecule has 0 saturated heterocycles. The van der Waals surface area contributed by atoms with Gasteiger partial charge in [0.1, 0.15) is 5.58 Å². The molecule has 3 rings (SSSR count). The summed E-state index contributed by atoms with van der Waals surface area (Å²) in [5, 5.41) is 20.3. The van der Waals surface area contributed by atoms with Crippen LogP contribution in [-0.2, 0) is 4.79 Å². The molecule has 7 heteroatoms. The Kier molecular flexibility index (Phi) is 4.04. The molecule has 0 radical (unpaired) electrons. The molecule has 122 valence electrons. The first-order valence-electron chi connectivity index (χ1n) is 7.46. The SMILES string of the molecule is C#CCCC1(CCC(=O)Nc2ccc3oc(C(=O)O)cc3c2)N=N1. The number of aromatic carboxylic acids is 1. The van der Waals surface area contributed by atoms with E-state index in [-0.39, 0.29) is 18.1 Å². The summed E-state index contributed by atoms with van der Waals surface area (Å²) in [5.41, 5.74) is 0.552. The molecule has 0 saturated carbocycles. The first-order chi connectivity index (χ1) is 11.5. The normalized spacial score (nSPS) is 14.3. The van der Waals surface area contributed by atoms with E-state index in [0.717, 1.165) is 0 Å². The van der Waals surface area contributed by atoms with Gasteiger partial charge in [-0.05, 0) is 24.3 Å². The van der Waals surface area contributed by atoms with Crippen molar-refractivity contribution in [3.05, 3.63) is 30.0 Å². The van der Waals surface area contributed by atoms with E-state index in [1.165, 1.54) is 6.07 Å². The Bertz CT molecular complexity index is 870. The smallest absolute Gasteiger partial charge is 0.371 e. The minimum absolute atomic E-state index is 0.138. The van der Waals surface area contributed by atoms with Crippen molar-refractivity contribution in [3.63, 3.8) is 0 Å². The number of nitrogens with one attached hydrogen (secondary N) is 1. The van der Waals surface area contributed by atoms with Crippen LogP contribution < -0.4 is 5.32 Å². The molecule has 0 spiro atoms. The van der Waals surface area contributed by atoms with Crippen LogP contribution in [0.25, 0.3) is 11.0 Å². The van der Waals surface area contributed by atoms with Crippen molar-refractivity contribution >= 4 is 28.5 Å². The lowest BCUT2D eigenvalue weighted by molar-refractivity contribution is -0.116. The van der Waals surface area contributed by atoms with Gasteiger partial charge in [0.25, 0.3) is 0 Å². The number of carbonyl (C=O) groups excluding carboxylic acids is 1. The average molecular weight is 325 g/mol. The second kappa shape index (κ2) is 6.16. The van der Waals surface area contributed by atoms with Gasteiger partial charge >= 0.3 is 5.97 Å². The molecule has 0 fully saturated rings. The number of hydrogen-bond acceptors (Lipinski definition) is 5. The Balaban J connectivity index is 1.59. The molecular formula is C17H15N3O4. The molecule has 0 aliphatic carbocycles. The summed E-state index contributed by atoms with van der Waals surface area (Å²) in [5.74, 6) is 1.12. The molecular weight excluding hydrogens is 310 g/mol. The van der Waals surface area contributed by atoms with Crippen LogP contribution in [0.1, 0.15) is 36.2 Å². The summed E-state index contributed by atoms with van der Waals surface area (Å²) in [7, 11) is 0. The minimum Gasteiger partial charge on any atom is -0.475 e. The van der Waals surface area contributed by atoms with Gasteiger partial charge in [-0.2, -0.15) is 10.2 Å². The number of anilines is 1. The second-order valence-electron chi connectivity index (χ2n) is 5.60. The standard InChI is InChI=1S/C17H15N3O4/c1-2-3-7-17(19-20-17)8-6-15(21)18-12-4-5-13-11(9-12)10-14(24-13)16(22)23/h1,4-5,9-10H,3,6-8H2,(H,18,21)(H,22,23). The van der Waals surface area contributed by atoms with Crippen molar-refractivity contribution in [2.45, 2.75) is 31.3 Å². The van der Waals surface area contributed by atoms with E-state index in [4.69, 9.17) is 15.9 Å². The van der Waals surface area contributed by atoms with Crippen molar-refractivity contribution in [2.75, 3.05) is 5.32 Å². The summed E-state index contributed by atoms with van der Waals surface area (Å²) in [6.07, 6.45) is 7.28. The third-order valence-electron chi connectivity index (χ3n) is 3.82. The molecule has 1 aromatic carbocycles. The fourth-order valence-corrected chi connectivity index (χ4v) is 2.43. The summed E-state index contributed by atoms with van der Waals surface area (Å²) < 4.78 is 5.17. The lowest BCUT2D eigenvalue weighted by Gasteiger charge is -2.09. The van der Waals surface area contributed by atoms with E-state index >= 15 is 0 Å². The van der Waals surface area contributed by atoms with E-state index < -0.39 is 11.6 Å². The van der Waals surface area contributed by atoms with Gasteiger partial charge in [0.2, 0.25) is 11.7 Å². The predicted octanol–water partition coefficient (Wildman–Crippen LogP) is 3.43. The van der Waals surface area contributed by atoms with Crippen molar-refractivity contribution in [3.8, 4) is 12.3 Å². The predicted molar refractivity (Wildman–Crippen MR) is 86.7 cm³/mol. The van der Waals surface area contributed by atoms with Crippen molar-refractivity contribution in [1.29, 1.82) is 0 Å². The fraction of sp³-hybridized carbons (Fsp3) is 0.294. The minimum atomic E-state index is -1.13. The van der Waals surface area contributed by atoms with Gasteiger partial charge in [-0.1, -0.05) is 0 Å². The Labute approximate surface area is 137 Å². The molecule has 0 atom stereocenters. The van der Waals surface area contributed by atoms with Crippen LogP contribution in [0.3, 0.4) is 0 Å². The van der Waals surface area contributed by atoms with E-state index in [1.807, 2.05) is 0 Å². The molecule has 1 aliphatic heterocycles. The van der Waals surface area contributed by atoms with Gasteiger partial charge in [0, 0.05) is 36.8 Å². The largest absolute Gasteiger partial charge is 0.475 e. The number of benzene rings is 1. The maximum absolute atomic E-state index is 12.1. The number of rotatable bonds is 7. The highest BCUT2D eigenvalue weighted by Crippen LogP contribution is 2.37. The van der Waals surface area contributed by atoms with Gasteiger partial charge in [-0.3, -0.25) is 4.79 Å². The number of hydrogen-bond donors (Lipinski definition) is 2. The zero-order valence-electron chi connectivity index (χ0n) is 12.8. The molecule has 0 bridgehead atoms. The summed E-state index contributed by atoms with van der Waals surface area (Å²) in [6.45, 7) is 0. The topological polar surface area (TPSA) is 104 Å². The maximum atomic E-state index is 12.1. The number of terminal acetylenes is 1. The molecule has 2 aromatic rings. The van der Waals surface area contributed by atoms with E-state index in [1.54, 1.807) is 18.2 Å². The first-order valence-corrected chi connectivity index (χ1v) is 7.46. The molecule has 24 heavy (non-hydrogen) atoms. The lowest BCUT2D eigenvalue weighted by Crippen LogP contribution is -2.17. The summed E-state index contributed by atoms with van der Waals surface area (Å²) in [4.78, 5) is 23.0. The summed E-state index contributed by atoms with van der Waals surface area (Å²) in [6, 6.07) is 6.37. The van der Waals surface area contributed by atoms with Crippen LogP contribution in [0.15, 0.2) is 38.9 Å². The van der Waals surface area contributed by atoms with Crippen LogP contribution in [0.2, 0.25) is 0 Å². The Morgan fingerprint density at radius 1 is 1.29 bits per heavy atom. The zero-order chi connectivity index (χ0) is 17.2. The van der Waals surface area contributed by atoms with Crippen LogP contribution in [-0.4, -0.2) is 22.6 Å². The first kappa shape index (κ1) is 15.7. The van der Waals surface area contributed by atoms with Crippen molar-refractivity contribution in [2.24, 2.45) is 10.2 Å². The number of carboxylic acid groups (broad SMARTS) is 1. The van der Waals surface area contributed by atoms with E-state index in [2.05, 4.69) is 21.5 Å². The molecule has 1 aromatic heterocycles. The molecule has 1 amide bonds.